The average Bonchev–Trinajstić information content (AvgIpc) is 1.66. The van der Waals surface area contributed by atoms with Gasteiger partial charge in [-0.3, -0.25) is 37.5 Å². The lowest BCUT2D eigenvalue weighted by molar-refractivity contribution is 0.270. The Morgan fingerprint density at radius 2 is 0.705 bits per heavy atom. The number of hydrogen-bond donors (Lipinski definition) is 9. The molecule has 20 aromatic rings. The van der Waals surface area contributed by atoms with E-state index in [2.05, 4.69) is 241 Å². The Hall–Kier alpha value is -15.0. The topological polar surface area (TPSA) is 308 Å². The highest BCUT2D eigenvalue weighted by atomic mass is 35.5. The highest BCUT2D eigenvalue weighted by Crippen LogP contribution is 2.35. The fourth-order valence-electron chi connectivity index (χ4n) is 16.3. The van der Waals surface area contributed by atoms with Gasteiger partial charge in [0.05, 0.1) is 47.2 Å². The Labute approximate surface area is 750 Å². The van der Waals surface area contributed by atoms with Crippen molar-refractivity contribution in [1.29, 1.82) is 0 Å². The molecule has 16 heterocycles. The van der Waals surface area contributed by atoms with Gasteiger partial charge < -0.3 is 46.3 Å². The number of para-hydroxylation sites is 4. The van der Waals surface area contributed by atoms with Gasteiger partial charge in [-0.1, -0.05) is 133 Å². The van der Waals surface area contributed by atoms with E-state index < -0.39 is 5.82 Å². The van der Waals surface area contributed by atoms with Crippen molar-refractivity contribution in [1.82, 2.24) is 97.3 Å². The number of hydrogen-bond acceptors (Lipinski definition) is 17. The summed E-state index contributed by atoms with van der Waals surface area (Å²) in [5.41, 5.74) is 25.1. The minimum Gasteiger partial charge on any atom is -0.396 e. The molecule has 0 aliphatic carbocycles. The van der Waals surface area contributed by atoms with Crippen LogP contribution in [-0.4, -0.2) is 135 Å². The van der Waals surface area contributed by atoms with Gasteiger partial charge in [0.2, 0.25) is 5.69 Å². The van der Waals surface area contributed by atoms with Crippen molar-refractivity contribution in [2.75, 3.05) is 54.1 Å². The van der Waals surface area contributed by atoms with E-state index in [1.165, 1.54) is 73.0 Å². The number of aliphatic hydroxyl groups is 1. The first-order valence-electron chi connectivity index (χ1n) is 43.8. The number of fused-ring (bicyclic) bond motifs is 8. The summed E-state index contributed by atoms with van der Waals surface area (Å²) in [5, 5.41) is 29.2. The van der Waals surface area contributed by atoms with E-state index in [1.807, 2.05) is 103 Å². The van der Waals surface area contributed by atoms with Crippen LogP contribution in [0, 0.1) is 19.3 Å². The fraction of sp³-hybridized carbons (Fsp3) is 0.238. The second-order valence-electron chi connectivity index (χ2n) is 32.6. The van der Waals surface area contributed by atoms with Crippen LogP contribution in [0.15, 0.2) is 245 Å². The predicted molar refractivity (Wildman–Crippen MR) is 514 cm³/mol. The number of halogens is 2. The summed E-state index contributed by atoms with van der Waals surface area (Å²) in [6.07, 6.45) is 43.6. The number of aliphatic hydroxyl groups excluding tert-OH is 1. The van der Waals surface area contributed by atoms with Crippen LogP contribution in [-0.2, 0) is 25.7 Å². The fourth-order valence-corrected chi connectivity index (χ4v) is 16.5. The van der Waals surface area contributed by atoms with E-state index in [0.717, 1.165) is 166 Å². The molecule has 0 bridgehead atoms. The van der Waals surface area contributed by atoms with Crippen molar-refractivity contribution in [2.45, 2.75) is 124 Å². The van der Waals surface area contributed by atoms with Crippen LogP contribution in [0.2, 0.25) is 5.02 Å². The quantitative estimate of drug-likeness (QED) is 0.0206. The lowest BCUT2D eigenvalue weighted by atomic mass is 10.1. The molecule has 4 unspecified atom stereocenters. The summed E-state index contributed by atoms with van der Waals surface area (Å²) in [4.78, 5) is 71.7. The van der Waals surface area contributed by atoms with Crippen molar-refractivity contribution < 1.29 is 9.50 Å². The molecule has 0 saturated heterocycles. The van der Waals surface area contributed by atoms with E-state index in [4.69, 9.17) is 48.1 Å². The molecule has 20 rings (SSSR count). The lowest BCUT2D eigenvalue weighted by Crippen LogP contribution is -2.10. The predicted octanol–water partition coefficient (Wildman–Crippen LogP) is 22.0. The molecular weight excluding hydrogens is 1630 g/mol. The van der Waals surface area contributed by atoms with Crippen molar-refractivity contribution in [3.05, 3.63) is 318 Å². The summed E-state index contributed by atoms with van der Waals surface area (Å²) in [6, 6.07) is 40.6. The molecule has 0 aliphatic rings. The Morgan fingerprint density at radius 3 is 1.03 bits per heavy atom. The zero-order valence-electron chi connectivity index (χ0n) is 73.2. The molecular formula is C101H101ClFN25O. The molecule has 4 atom stereocenters. The molecule has 0 radical (unpaired) electrons. The van der Waals surface area contributed by atoms with Crippen LogP contribution >= 0.6 is 11.6 Å². The first kappa shape index (κ1) is 86.1. The van der Waals surface area contributed by atoms with E-state index >= 15 is 0 Å². The third-order valence-corrected chi connectivity index (χ3v) is 24.2. The molecule has 0 saturated carbocycles. The highest BCUT2D eigenvalue weighted by molar-refractivity contribution is 6.30. The maximum absolute atomic E-state index is 13.8. The van der Waals surface area contributed by atoms with Crippen LogP contribution in [0.5, 0.6) is 0 Å². The number of aryl methyl sites for hydroxylation is 1. The third-order valence-electron chi connectivity index (χ3n) is 24.0. The van der Waals surface area contributed by atoms with Gasteiger partial charge in [0.25, 0.3) is 0 Å². The molecule has 129 heavy (non-hydrogen) atoms. The van der Waals surface area contributed by atoms with Crippen molar-refractivity contribution in [3.8, 4) is 45.0 Å². The summed E-state index contributed by atoms with van der Waals surface area (Å²) in [6.45, 7) is 27.4. The zero-order chi connectivity index (χ0) is 89.0. The largest absolute Gasteiger partial charge is 0.396 e. The minimum atomic E-state index is -0.423. The average molecular weight is 1740 g/mol. The number of nitrogens with one attached hydrogen (secondary N) is 8. The van der Waals surface area contributed by atoms with Gasteiger partial charge in [0.15, 0.2) is 45.9 Å². The first-order valence-corrected chi connectivity index (χ1v) is 44.2. The number of pyridine rings is 4. The van der Waals surface area contributed by atoms with Crippen LogP contribution in [0.1, 0.15) is 142 Å². The standard InChI is InChI=1S/C26H25N7.C26H28N6.C25H25ClN6.C24H23FN6O/c1-4-17(2)24-15-31-26-25(29-10-9-18-13-30-22-8-6-5-7-21(18)22)32-23(16-33(24)26)19-11-20(27-3)14-28-12-19;1-4-18(3)24-15-30-26-25(28-10-9-19-14-29-22-8-6-5-7-21(19)22)31-23(16-32(24)26)20-11-17(2)12-27-13-20;1-3-16(2)23-14-30-25-24(28-9-8-17-12-29-21-7-5-4-6-20(17)21)31-22(15-32(23)25)18-10-19(26)13-27-11-18;1-15(14-32)22-12-29-24-23(27-7-6-16-10-28-20-5-3-2-4-19(16)20)30-21(13-31(22)24)17-8-18(25)11-26-9-17/h5-8,11-17,30H,4,9-10H2,1-2H3,(H,29,32);5-8,11-16,18,29H,4,9-10H2,1-3H3,(H,28,31);4-7,10-16,29H,3,8-9H2,1-2H3,(H,28,31);2-5,8-13,15,28,32H,6-7,14H2,1H3,(H,27,30). The molecule has 26 nitrogen and oxygen atoms in total. The second-order valence-corrected chi connectivity index (χ2v) is 33.1. The summed E-state index contributed by atoms with van der Waals surface area (Å²) >= 11 is 6.20. The molecule has 0 amide bonds. The molecule has 650 valence electrons. The maximum Gasteiger partial charge on any atom is 0.205 e. The summed E-state index contributed by atoms with van der Waals surface area (Å²) in [5.74, 6) is 3.53. The highest BCUT2D eigenvalue weighted by Gasteiger charge is 2.23. The molecule has 9 N–H and O–H groups in total. The van der Waals surface area contributed by atoms with Gasteiger partial charge in [-0.05, 0) is 146 Å². The maximum atomic E-state index is 13.8. The van der Waals surface area contributed by atoms with Crippen LogP contribution in [0.3, 0.4) is 0 Å². The SMILES string of the molecule is CC(CO)c1cnc2c(NCCc3c[nH]c4ccccc34)nc(-c3cncc(F)c3)cn12.CCC(C)c1cnc2c(NCCc3c[nH]c4ccccc34)nc(-c3cncc(C)c3)cn12.CCC(C)c1cnc2c(NCCc3c[nH]c4ccccc34)nc(-c3cncc(Cl)c3)cn12.[C-]#[N+]c1cncc(-c2cn3c(C(C)CC)cnc3c(NCCc3c[nH]c4ccccc34)n2)c1. The molecule has 0 fully saturated rings. The number of nitrogens with zero attached hydrogens (tertiary/aromatic N) is 17. The minimum absolute atomic E-state index is 0.00367. The number of aromatic amines is 4. The normalized spacial score (nSPS) is 12.4. The third kappa shape index (κ3) is 19.0. The monoisotopic (exact) mass is 1730 g/mol. The van der Waals surface area contributed by atoms with Gasteiger partial charge >= 0.3 is 0 Å². The number of imidazole rings is 4. The number of aromatic nitrogens is 20. The first-order chi connectivity index (χ1) is 63.1. The summed E-state index contributed by atoms with van der Waals surface area (Å²) < 4.78 is 22.2. The molecule has 16 aromatic heterocycles. The second kappa shape index (κ2) is 39.3. The Kier molecular flexibility index (Phi) is 26.2. The Morgan fingerprint density at radius 1 is 0.395 bits per heavy atom. The van der Waals surface area contributed by atoms with Gasteiger partial charge in [0, 0.05) is 238 Å². The van der Waals surface area contributed by atoms with E-state index in [0.29, 0.717) is 57.7 Å². The van der Waals surface area contributed by atoms with Crippen molar-refractivity contribution in [3.63, 3.8) is 0 Å². The van der Waals surface area contributed by atoms with E-state index in [-0.39, 0.29) is 12.5 Å². The number of rotatable bonds is 28. The van der Waals surface area contributed by atoms with Crippen LogP contribution < -0.4 is 21.3 Å². The van der Waals surface area contributed by atoms with Gasteiger partial charge in [-0.2, -0.15) is 0 Å². The number of H-pyrrole nitrogens is 4. The lowest BCUT2D eigenvalue weighted by Gasteiger charge is -2.13. The van der Waals surface area contributed by atoms with Gasteiger partial charge in [0.1, 0.15) is 5.82 Å². The Bertz CT molecular complexity index is 6860. The molecule has 0 spiro atoms. The van der Waals surface area contributed by atoms with Gasteiger partial charge in [-0.25, -0.2) is 49.1 Å². The van der Waals surface area contributed by atoms with Gasteiger partial charge in [-0.15, -0.1) is 0 Å². The molecule has 0 aliphatic heterocycles. The smallest absolute Gasteiger partial charge is 0.205 e. The Balaban J connectivity index is 0.000000121. The number of anilines is 4. The van der Waals surface area contributed by atoms with E-state index in [1.54, 1.807) is 37.2 Å². The molecule has 4 aromatic carbocycles. The van der Waals surface area contributed by atoms with E-state index in [9.17, 15) is 9.50 Å². The van der Waals surface area contributed by atoms with Crippen LogP contribution in [0.4, 0.5) is 33.3 Å². The van der Waals surface area contributed by atoms with Crippen LogP contribution in [0.25, 0.3) is 116 Å². The summed E-state index contributed by atoms with van der Waals surface area (Å²) in [7, 11) is 0. The number of benzene rings is 4. The van der Waals surface area contributed by atoms with Crippen molar-refractivity contribution >= 4 is 107 Å². The molecule has 28 heteroatoms. The zero-order valence-corrected chi connectivity index (χ0v) is 74.0. The van der Waals surface area contributed by atoms with Crippen molar-refractivity contribution in [2.24, 2.45) is 0 Å².